The van der Waals surface area contributed by atoms with Gasteiger partial charge in [0.1, 0.15) is 12.2 Å². The van der Waals surface area contributed by atoms with Crippen molar-refractivity contribution in [1.29, 1.82) is 0 Å². The molecular weight excluding hydrogens is 502 g/mol. The van der Waals surface area contributed by atoms with Crippen molar-refractivity contribution in [2.45, 2.75) is 58.5 Å². The summed E-state index contributed by atoms with van der Waals surface area (Å²) >= 11 is 3.50. The van der Waals surface area contributed by atoms with E-state index >= 15 is 0 Å². The van der Waals surface area contributed by atoms with Crippen LogP contribution in [0.5, 0.6) is 5.88 Å². The molecule has 180 valence electrons. The minimum Gasteiger partial charge on any atom is -0.460 e. The number of hydrogen-bond donors (Lipinski definition) is 0. The number of carbonyl (C=O) groups is 2. The fourth-order valence-corrected chi connectivity index (χ4v) is 4.38. The first-order valence-electron chi connectivity index (χ1n) is 11.2. The maximum absolute atomic E-state index is 13.4. The number of carbonyl (C=O) groups excluding carboxylic acids is 2. The summed E-state index contributed by atoms with van der Waals surface area (Å²) in [7, 11) is 0. The quantitative estimate of drug-likeness (QED) is 0.368. The summed E-state index contributed by atoms with van der Waals surface area (Å²) in [6.07, 6.45) is -1.02. The van der Waals surface area contributed by atoms with E-state index in [4.69, 9.17) is 18.9 Å². The lowest BCUT2D eigenvalue weighted by Crippen LogP contribution is -2.34. The SMILES string of the molecule is CCO[C@@H]1C[C@H](C(=O)OCc2ccccc2)c2c(n(C(=O)OC(C)(C)C)c3ccc(Br)cc23)O1. The van der Waals surface area contributed by atoms with Gasteiger partial charge in [0.15, 0.2) is 0 Å². The summed E-state index contributed by atoms with van der Waals surface area (Å²) in [5.74, 6) is -0.834. The van der Waals surface area contributed by atoms with Gasteiger partial charge < -0.3 is 18.9 Å². The molecule has 0 bridgehead atoms. The highest BCUT2D eigenvalue weighted by Crippen LogP contribution is 2.45. The molecule has 1 aliphatic rings. The van der Waals surface area contributed by atoms with Crippen LogP contribution in [0, 0.1) is 0 Å². The summed E-state index contributed by atoms with van der Waals surface area (Å²) < 4.78 is 25.4. The Bertz CT molecular complexity index is 1200. The topological polar surface area (TPSA) is 76.0 Å². The summed E-state index contributed by atoms with van der Waals surface area (Å²) in [6.45, 7) is 7.79. The van der Waals surface area contributed by atoms with Gasteiger partial charge in [0.25, 0.3) is 0 Å². The molecule has 0 radical (unpaired) electrons. The van der Waals surface area contributed by atoms with Crippen LogP contribution in [0.25, 0.3) is 10.9 Å². The Kier molecular flexibility index (Phi) is 7.00. The molecule has 0 saturated carbocycles. The number of esters is 1. The molecule has 0 spiro atoms. The number of benzene rings is 2. The van der Waals surface area contributed by atoms with E-state index in [1.54, 1.807) is 26.8 Å². The van der Waals surface area contributed by atoms with Crippen LogP contribution in [-0.2, 0) is 25.6 Å². The van der Waals surface area contributed by atoms with Crippen molar-refractivity contribution in [1.82, 2.24) is 4.57 Å². The predicted octanol–water partition coefficient (Wildman–Crippen LogP) is 6.16. The van der Waals surface area contributed by atoms with Gasteiger partial charge in [0.05, 0.1) is 11.4 Å². The molecule has 0 fully saturated rings. The molecular formula is C26H28BrNO6. The molecule has 7 nitrogen and oxygen atoms in total. The Morgan fingerprint density at radius 3 is 2.56 bits per heavy atom. The monoisotopic (exact) mass is 529 g/mol. The lowest BCUT2D eigenvalue weighted by Gasteiger charge is -2.30. The average molecular weight is 530 g/mol. The lowest BCUT2D eigenvalue weighted by molar-refractivity contribution is -0.153. The van der Waals surface area contributed by atoms with Crippen molar-refractivity contribution in [3.05, 3.63) is 64.1 Å². The van der Waals surface area contributed by atoms with Gasteiger partial charge >= 0.3 is 12.1 Å². The van der Waals surface area contributed by atoms with Gasteiger partial charge in [-0.2, -0.15) is 0 Å². The molecule has 0 N–H and O–H groups in total. The van der Waals surface area contributed by atoms with E-state index in [9.17, 15) is 9.59 Å². The molecule has 2 atom stereocenters. The van der Waals surface area contributed by atoms with Gasteiger partial charge in [-0.05, 0) is 51.5 Å². The van der Waals surface area contributed by atoms with Gasteiger partial charge in [0, 0.05) is 28.5 Å². The fourth-order valence-electron chi connectivity index (χ4n) is 4.02. The molecule has 0 unspecified atom stereocenters. The third-order valence-corrected chi connectivity index (χ3v) is 5.87. The largest absolute Gasteiger partial charge is 0.460 e. The first-order valence-corrected chi connectivity index (χ1v) is 12.0. The van der Waals surface area contributed by atoms with Gasteiger partial charge in [0.2, 0.25) is 12.2 Å². The highest BCUT2D eigenvalue weighted by molar-refractivity contribution is 9.10. The van der Waals surface area contributed by atoms with Gasteiger partial charge in [-0.25, -0.2) is 9.36 Å². The Morgan fingerprint density at radius 2 is 1.88 bits per heavy atom. The van der Waals surface area contributed by atoms with Crippen molar-refractivity contribution in [3.63, 3.8) is 0 Å². The number of nitrogens with zero attached hydrogens (tertiary/aromatic N) is 1. The third kappa shape index (κ3) is 5.13. The molecule has 4 rings (SSSR count). The van der Waals surface area contributed by atoms with Crippen LogP contribution < -0.4 is 4.74 Å². The molecule has 0 amide bonds. The number of rotatable bonds is 5. The second kappa shape index (κ2) is 9.80. The van der Waals surface area contributed by atoms with E-state index in [0.29, 0.717) is 23.1 Å². The lowest BCUT2D eigenvalue weighted by atomic mass is 9.92. The molecule has 0 saturated heterocycles. The maximum Gasteiger partial charge on any atom is 0.421 e. The van der Waals surface area contributed by atoms with Crippen LogP contribution in [0.1, 0.15) is 51.2 Å². The molecule has 1 aromatic heterocycles. The van der Waals surface area contributed by atoms with Crippen molar-refractivity contribution in [2.75, 3.05) is 6.61 Å². The zero-order valence-corrected chi connectivity index (χ0v) is 21.3. The predicted molar refractivity (Wildman–Crippen MR) is 131 cm³/mol. The van der Waals surface area contributed by atoms with Crippen LogP contribution in [0.2, 0.25) is 0 Å². The van der Waals surface area contributed by atoms with Gasteiger partial charge in [-0.1, -0.05) is 46.3 Å². The van der Waals surface area contributed by atoms with Crippen LogP contribution in [0.15, 0.2) is 53.0 Å². The second-order valence-corrected chi connectivity index (χ2v) is 10.00. The van der Waals surface area contributed by atoms with E-state index in [0.717, 1.165) is 10.0 Å². The van der Waals surface area contributed by atoms with E-state index < -0.39 is 29.9 Å². The van der Waals surface area contributed by atoms with Crippen LogP contribution in [0.4, 0.5) is 4.79 Å². The normalized spacial score (nSPS) is 17.7. The van der Waals surface area contributed by atoms with E-state index in [2.05, 4.69) is 15.9 Å². The highest BCUT2D eigenvalue weighted by Gasteiger charge is 2.41. The van der Waals surface area contributed by atoms with Crippen LogP contribution >= 0.6 is 15.9 Å². The minimum atomic E-state index is -0.710. The Labute approximate surface area is 207 Å². The zero-order valence-electron chi connectivity index (χ0n) is 19.7. The minimum absolute atomic E-state index is 0.153. The van der Waals surface area contributed by atoms with Gasteiger partial charge in [-0.15, -0.1) is 0 Å². The molecule has 1 aliphatic heterocycles. The number of hydrogen-bond acceptors (Lipinski definition) is 6. The van der Waals surface area contributed by atoms with Crippen molar-refractivity contribution in [2.24, 2.45) is 0 Å². The summed E-state index contributed by atoms with van der Waals surface area (Å²) in [4.78, 5) is 26.6. The third-order valence-electron chi connectivity index (χ3n) is 5.38. The number of halogens is 1. The van der Waals surface area contributed by atoms with E-state index in [1.807, 2.05) is 49.4 Å². The smallest absolute Gasteiger partial charge is 0.421 e. The van der Waals surface area contributed by atoms with E-state index in [1.165, 1.54) is 4.57 Å². The van der Waals surface area contributed by atoms with E-state index in [-0.39, 0.29) is 18.9 Å². The number of ether oxygens (including phenoxy) is 4. The molecule has 2 heterocycles. The van der Waals surface area contributed by atoms with Crippen molar-refractivity contribution >= 4 is 38.9 Å². The van der Waals surface area contributed by atoms with Crippen molar-refractivity contribution < 1.29 is 28.5 Å². The maximum atomic E-state index is 13.4. The van der Waals surface area contributed by atoms with Crippen molar-refractivity contribution in [3.8, 4) is 5.88 Å². The Morgan fingerprint density at radius 1 is 1.15 bits per heavy atom. The first-order chi connectivity index (χ1) is 16.2. The van der Waals surface area contributed by atoms with Crippen LogP contribution in [0.3, 0.4) is 0 Å². The average Bonchev–Trinajstić information content (AvgIpc) is 3.10. The second-order valence-electron chi connectivity index (χ2n) is 9.08. The standard InChI is InChI=1S/C26H28BrNO6/c1-5-31-21-14-19(24(29)32-15-16-9-7-6-8-10-16)22-18-13-17(27)11-12-20(18)28(23(22)33-21)25(30)34-26(2,3)4/h6-13,19,21H,5,14-15H2,1-4H3/t19-,21-/m0/s1. The Hall–Kier alpha value is -2.84. The summed E-state index contributed by atoms with van der Waals surface area (Å²) in [5.41, 5.74) is 1.36. The van der Waals surface area contributed by atoms with Crippen LogP contribution in [-0.4, -0.2) is 35.1 Å². The number of fused-ring (bicyclic) bond motifs is 3. The molecule has 3 aromatic rings. The summed E-state index contributed by atoms with van der Waals surface area (Å²) in [5, 5.41) is 0.715. The number of aromatic nitrogens is 1. The zero-order chi connectivity index (χ0) is 24.5. The van der Waals surface area contributed by atoms with Gasteiger partial charge in [-0.3, -0.25) is 4.79 Å². The first kappa shape index (κ1) is 24.3. The summed E-state index contributed by atoms with van der Waals surface area (Å²) in [6, 6.07) is 15.0. The molecule has 8 heteroatoms. The highest BCUT2D eigenvalue weighted by atomic mass is 79.9. The fraction of sp³-hybridized carbons (Fsp3) is 0.385. The molecule has 2 aromatic carbocycles. The molecule has 0 aliphatic carbocycles. The Balaban J connectivity index is 1.79. The molecule has 34 heavy (non-hydrogen) atoms.